The first-order chi connectivity index (χ1) is 8.92. The molecule has 0 atom stereocenters. The van der Waals surface area contributed by atoms with E-state index in [-0.39, 0.29) is 0 Å². The molecule has 0 spiro atoms. The number of anilines is 2. The number of pyridine rings is 1. The summed E-state index contributed by atoms with van der Waals surface area (Å²) in [6, 6.07) is 4.16. The lowest BCUT2D eigenvalue weighted by atomic mass is 10.3. The molecule has 1 fully saturated rings. The Morgan fingerprint density at radius 3 is 3.00 bits per heavy atom. The summed E-state index contributed by atoms with van der Waals surface area (Å²) in [5, 5.41) is 3.53. The minimum atomic E-state index is 1.04. The van der Waals surface area contributed by atoms with Crippen molar-refractivity contribution in [2.45, 2.75) is 26.2 Å². The standard InChI is InChI=1S/C14H23N3S/c1-2-18-12-6-9-15-13-7-5-8-16-14(13)17-10-3-4-11-17/h5,7-8,15H,2-4,6,9-12H2,1H3. The highest BCUT2D eigenvalue weighted by Gasteiger charge is 2.16. The molecular formula is C14H23N3S. The molecule has 4 heteroatoms. The molecule has 0 aliphatic carbocycles. The second-order valence-corrected chi connectivity index (χ2v) is 5.94. The summed E-state index contributed by atoms with van der Waals surface area (Å²) < 4.78 is 0. The van der Waals surface area contributed by atoms with Crippen LogP contribution in [0.2, 0.25) is 0 Å². The summed E-state index contributed by atoms with van der Waals surface area (Å²) in [5.41, 5.74) is 1.20. The maximum absolute atomic E-state index is 4.53. The third kappa shape index (κ3) is 3.80. The van der Waals surface area contributed by atoms with Crippen molar-refractivity contribution >= 4 is 23.3 Å². The van der Waals surface area contributed by atoms with Crippen molar-refractivity contribution in [2.24, 2.45) is 0 Å². The Kier molecular flexibility index (Phi) is 5.65. The average Bonchev–Trinajstić information content (AvgIpc) is 2.93. The fraction of sp³-hybridized carbons (Fsp3) is 0.643. The van der Waals surface area contributed by atoms with E-state index in [1.54, 1.807) is 0 Å². The first kappa shape index (κ1) is 13.5. The fourth-order valence-electron chi connectivity index (χ4n) is 2.26. The normalized spacial score (nSPS) is 15.1. The van der Waals surface area contributed by atoms with Gasteiger partial charge in [0.05, 0.1) is 5.69 Å². The van der Waals surface area contributed by atoms with E-state index in [9.17, 15) is 0 Å². The van der Waals surface area contributed by atoms with Gasteiger partial charge in [0.2, 0.25) is 0 Å². The molecule has 2 rings (SSSR count). The van der Waals surface area contributed by atoms with Gasteiger partial charge in [-0.1, -0.05) is 6.92 Å². The molecule has 1 aromatic heterocycles. The summed E-state index contributed by atoms with van der Waals surface area (Å²) >= 11 is 2.01. The lowest BCUT2D eigenvalue weighted by molar-refractivity contribution is 0.928. The van der Waals surface area contributed by atoms with Gasteiger partial charge in [-0.15, -0.1) is 0 Å². The number of aromatic nitrogens is 1. The Hall–Kier alpha value is -0.900. The number of hydrogen-bond donors (Lipinski definition) is 1. The summed E-state index contributed by atoms with van der Waals surface area (Å²) in [6.45, 7) is 5.55. The average molecular weight is 265 g/mol. The quantitative estimate of drug-likeness (QED) is 0.766. The van der Waals surface area contributed by atoms with Crippen LogP contribution in [0.1, 0.15) is 26.2 Å². The van der Waals surface area contributed by atoms with Crippen LogP contribution in [0, 0.1) is 0 Å². The maximum atomic E-state index is 4.53. The minimum Gasteiger partial charge on any atom is -0.382 e. The van der Waals surface area contributed by atoms with Gasteiger partial charge in [0, 0.05) is 25.8 Å². The SMILES string of the molecule is CCSCCCNc1cccnc1N1CCCC1. The molecule has 1 aliphatic rings. The summed E-state index contributed by atoms with van der Waals surface area (Å²) in [6.07, 6.45) is 5.70. The lowest BCUT2D eigenvalue weighted by Gasteiger charge is -2.20. The monoisotopic (exact) mass is 265 g/mol. The van der Waals surface area contributed by atoms with Crippen LogP contribution in [-0.4, -0.2) is 36.1 Å². The van der Waals surface area contributed by atoms with Crippen molar-refractivity contribution < 1.29 is 0 Å². The highest BCUT2D eigenvalue weighted by atomic mass is 32.2. The molecule has 18 heavy (non-hydrogen) atoms. The molecule has 0 radical (unpaired) electrons. The third-order valence-corrected chi connectivity index (χ3v) is 4.16. The molecule has 1 saturated heterocycles. The molecule has 1 aromatic rings. The van der Waals surface area contributed by atoms with Gasteiger partial charge in [-0.25, -0.2) is 4.98 Å². The number of thioether (sulfide) groups is 1. The molecule has 0 unspecified atom stereocenters. The number of nitrogens with zero attached hydrogens (tertiary/aromatic N) is 2. The number of rotatable bonds is 7. The van der Waals surface area contributed by atoms with Crippen LogP contribution < -0.4 is 10.2 Å². The van der Waals surface area contributed by atoms with Gasteiger partial charge in [0.15, 0.2) is 5.82 Å². The van der Waals surface area contributed by atoms with Crippen LogP contribution in [0.4, 0.5) is 11.5 Å². The largest absolute Gasteiger partial charge is 0.382 e. The van der Waals surface area contributed by atoms with Crippen LogP contribution >= 0.6 is 11.8 Å². The van der Waals surface area contributed by atoms with Crippen LogP contribution in [0.25, 0.3) is 0 Å². The van der Waals surface area contributed by atoms with E-state index in [1.165, 1.54) is 36.5 Å². The molecule has 1 aliphatic heterocycles. The van der Waals surface area contributed by atoms with Gasteiger partial charge in [0.25, 0.3) is 0 Å². The zero-order valence-corrected chi connectivity index (χ0v) is 12.0. The van der Waals surface area contributed by atoms with Gasteiger partial charge >= 0.3 is 0 Å². The van der Waals surface area contributed by atoms with Crippen molar-refractivity contribution in [1.82, 2.24) is 4.98 Å². The van der Waals surface area contributed by atoms with E-state index >= 15 is 0 Å². The second-order valence-electron chi connectivity index (χ2n) is 4.55. The number of nitrogens with one attached hydrogen (secondary N) is 1. The first-order valence-corrected chi connectivity index (χ1v) is 8.09. The molecule has 0 saturated carbocycles. The van der Waals surface area contributed by atoms with Gasteiger partial charge in [-0.3, -0.25) is 0 Å². The van der Waals surface area contributed by atoms with Crippen molar-refractivity contribution in [3.05, 3.63) is 18.3 Å². The van der Waals surface area contributed by atoms with Crippen molar-refractivity contribution in [3.8, 4) is 0 Å². The molecule has 2 heterocycles. The van der Waals surface area contributed by atoms with Crippen molar-refractivity contribution in [2.75, 3.05) is 41.4 Å². The zero-order chi connectivity index (χ0) is 12.6. The molecular weight excluding hydrogens is 242 g/mol. The van der Waals surface area contributed by atoms with E-state index in [4.69, 9.17) is 0 Å². The maximum Gasteiger partial charge on any atom is 0.151 e. The highest BCUT2D eigenvalue weighted by molar-refractivity contribution is 7.99. The summed E-state index contributed by atoms with van der Waals surface area (Å²) in [7, 11) is 0. The van der Waals surface area contributed by atoms with E-state index in [2.05, 4.69) is 28.2 Å². The Bertz CT molecular complexity index is 351. The van der Waals surface area contributed by atoms with Crippen LogP contribution in [-0.2, 0) is 0 Å². The summed E-state index contributed by atoms with van der Waals surface area (Å²) in [4.78, 5) is 6.93. The fourth-order valence-corrected chi connectivity index (χ4v) is 2.89. The van der Waals surface area contributed by atoms with E-state index in [0.717, 1.165) is 25.5 Å². The topological polar surface area (TPSA) is 28.2 Å². The predicted molar refractivity (Wildman–Crippen MR) is 81.8 cm³/mol. The van der Waals surface area contributed by atoms with Crippen molar-refractivity contribution in [1.29, 1.82) is 0 Å². The number of hydrogen-bond acceptors (Lipinski definition) is 4. The van der Waals surface area contributed by atoms with E-state index < -0.39 is 0 Å². The predicted octanol–water partition coefficient (Wildman–Crippen LogP) is 3.24. The van der Waals surface area contributed by atoms with Crippen molar-refractivity contribution in [3.63, 3.8) is 0 Å². The molecule has 0 bridgehead atoms. The molecule has 100 valence electrons. The molecule has 0 amide bonds. The van der Waals surface area contributed by atoms with Gasteiger partial charge in [-0.05, 0) is 42.9 Å². The van der Waals surface area contributed by atoms with E-state index in [1.807, 2.05) is 24.0 Å². The Morgan fingerprint density at radius 1 is 1.39 bits per heavy atom. The lowest BCUT2D eigenvalue weighted by Crippen LogP contribution is -2.20. The minimum absolute atomic E-state index is 1.04. The second kappa shape index (κ2) is 7.52. The Labute approximate surface area is 114 Å². The smallest absolute Gasteiger partial charge is 0.151 e. The first-order valence-electron chi connectivity index (χ1n) is 6.93. The van der Waals surface area contributed by atoms with Gasteiger partial charge in [0.1, 0.15) is 0 Å². The Balaban J connectivity index is 1.86. The zero-order valence-electron chi connectivity index (χ0n) is 11.2. The summed E-state index contributed by atoms with van der Waals surface area (Å²) in [5.74, 6) is 3.59. The van der Waals surface area contributed by atoms with Gasteiger partial charge in [-0.2, -0.15) is 11.8 Å². The third-order valence-electron chi connectivity index (χ3n) is 3.18. The highest BCUT2D eigenvalue weighted by Crippen LogP contribution is 2.25. The Morgan fingerprint density at radius 2 is 2.22 bits per heavy atom. The molecule has 3 nitrogen and oxygen atoms in total. The van der Waals surface area contributed by atoms with Gasteiger partial charge < -0.3 is 10.2 Å². The molecule has 1 N–H and O–H groups in total. The van der Waals surface area contributed by atoms with Crippen LogP contribution in [0.3, 0.4) is 0 Å². The van der Waals surface area contributed by atoms with E-state index in [0.29, 0.717) is 0 Å². The van der Waals surface area contributed by atoms with Crippen LogP contribution in [0.5, 0.6) is 0 Å². The molecule has 0 aromatic carbocycles. The van der Waals surface area contributed by atoms with Crippen LogP contribution in [0.15, 0.2) is 18.3 Å².